The van der Waals surface area contributed by atoms with E-state index in [9.17, 15) is 4.79 Å². The molecule has 2 aromatic carbocycles. The molecule has 158 valence electrons. The second-order valence-corrected chi connectivity index (χ2v) is 6.31. The minimum absolute atomic E-state index is 0.282. The van der Waals surface area contributed by atoms with Crippen LogP contribution in [0.15, 0.2) is 57.7 Å². The van der Waals surface area contributed by atoms with E-state index in [4.69, 9.17) is 33.9 Å². The molecule has 0 spiro atoms. The van der Waals surface area contributed by atoms with Crippen molar-refractivity contribution in [3.63, 3.8) is 0 Å². The fourth-order valence-electron chi connectivity index (χ4n) is 2.69. The third-order valence-corrected chi connectivity index (χ3v) is 4.19. The van der Waals surface area contributed by atoms with E-state index in [1.807, 2.05) is 18.2 Å². The van der Waals surface area contributed by atoms with Gasteiger partial charge in [0.15, 0.2) is 0 Å². The summed E-state index contributed by atoms with van der Waals surface area (Å²) >= 11 is 0. The van der Waals surface area contributed by atoms with Crippen molar-refractivity contribution >= 4 is 11.0 Å². The topological polar surface area (TPSA) is 115 Å². The Morgan fingerprint density at radius 3 is 1.97 bits per heavy atom. The first-order valence-electron chi connectivity index (χ1n) is 9.59. The van der Waals surface area contributed by atoms with Crippen LogP contribution in [0, 0.1) is 22.7 Å². The van der Waals surface area contributed by atoms with E-state index in [1.54, 1.807) is 30.3 Å². The molecule has 0 radical (unpaired) electrons. The lowest BCUT2D eigenvalue weighted by molar-refractivity contribution is 0.0273. The predicted molar refractivity (Wildman–Crippen MR) is 111 cm³/mol. The number of fused-ring (bicyclic) bond motifs is 1. The molecule has 0 saturated carbocycles. The number of ether oxygens (including phenoxy) is 4. The quantitative estimate of drug-likeness (QED) is 0.343. The van der Waals surface area contributed by atoms with Crippen molar-refractivity contribution < 1.29 is 23.4 Å². The van der Waals surface area contributed by atoms with Crippen LogP contribution in [0.25, 0.3) is 11.0 Å². The van der Waals surface area contributed by atoms with Gasteiger partial charge >= 0.3 is 5.63 Å². The number of rotatable bonds is 11. The normalized spacial score (nSPS) is 10.4. The molecule has 8 nitrogen and oxygen atoms in total. The Hall–Kier alpha value is -3.85. The van der Waals surface area contributed by atoms with Crippen LogP contribution in [-0.2, 0) is 9.47 Å². The number of hydrogen-bond acceptors (Lipinski definition) is 8. The maximum absolute atomic E-state index is 11.3. The molecule has 0 saturated heterocycles. The van der Waals surface area contributed by atoms with Gasteiger partial charge in [-0.2, -0.15) is 10.5 Å². The van der Waals surface area contributed by atoms with Crippen molar-refractivity contribution in [3.05, 3.63) is 70.1 Å². The van der Waals surface area contributed by atoms with Crippen molar-refractivity contribution in [1.29, 1.82) is 10.5 Å². The van der Waals surface area contributed by atoms with Gasteiger partial charge in [0.2, 0.25) is 0 Å². The van der Waals surface area contributed by atoms with E-state index in [1.165, 1.54) is 12.1 Å². The number of nitrogens with zero attached hydrogens (tertiary/aromatic N) is 2. The van der Waals surface area contributed by atoms with Crippen molar-refractivity contribution in [1.82, 2.24) is 0 Å². The highest BCUT2D eigenvalue weighted by Crippen LogP contribution is 2.19. The number of nitriles is 2. The molecule has 0 unspecified atom stereocenters. The summed E-state index contributed by atoms with van der Waals surface area (Å²) in [5, 5.41) is 18.7. The third kappa shape index (κ3) is 6.58. The summed E-state index contributed by atoms with van der Waals surface area (Å²) in [7, 11) is 0. The summed E-state index contributed by atoms with van der Waals surface area (Å²) < 4.78 is 27.1. The van der Waals surface area contributed by atoms with E-state index >= 15 is 0 Å². The molecule has 0 fully saturated rings. The van der Waals surface area contributed by atoms with Crippen LogP contribution in [0.2, 0.25) is 0 Å². The van der Waals surface area contributed by atoms with Crippen molar-refractivity contribution in [3.8, 4) is 23.6 Å². The Bertz CT molecular complexity index is 1160. The van der Waals surface area contributed by atoms with Crippen LogP contribution in [0.5, 0.6) is 11.5 Å². The van der Waals surface area contributed by atoms with Gasteiger partial charge in [-0.15, -0.1) is 0 Å². The van der Waals surface area contributed by atoms with Gasteiger partial charge < -0.3 is 23.4 Å². The lowest BCUT2D eigenvalue weighted by Crippen LogP contribution is -2.13. The monoisotopic (exact) mass is 420 g/mol. The van der Waals surface area contributed by atoms with Crippen molar-refractivity contribution in [2.45, 2.75) is 0 Å². The zero-order valence-corrected chi connectivity index (χ0v) is 16.7. The molecule has 3 rings (SSSR count). The summed E-state index contributed by atoms with van der Waals surface area (Å²) in [6, 6.07) is 17.0. The molecule has 8 heteroatoms. The average molecular weight is 420 g/mol. The first-order chi connectivity index (χ1) is 15.2. The van der Waals surface area contributed by atoms with Crippen LogP contribution in [0.3, 0.4) is 0 Å². The smallest absolute Gasteiger partial charge is 0.336 e. The number of hydrogen-bond donors (Lipinski definition) is 0. The maximum Gasteiger partial charge on any atom is 0.336 e. The first-order valence-corrected chi connectivity index (χ1v) is 9.59. The molecule has 31 heavy (non-hydrogen) atoms. The van der Waals surface area contributed by atoms with E-state index in [0.717, 1.165) is 5.39 Å². The van der Waals surface area contributed by atoms with Crippen LogP contribution >= 0.6 is 0 Å². The number of benzene rings is 2. The molecule has 0 bridgehead atoms. The van der Waals surface area contributed by atoms with Crippen molar-refractivity contribution in [2.24, 2.45) is 0 Å². The highest BCUT2D eigenvalue weighted by molar-refractivity contribution is 5.77. The molecular formula is C23H20N2O6. The van der Waals surface area contributed by atoms with Gasteiger partial charge in [-0.3, -0.25) is 0 Å². The molecular weight excluding hydrogens is 400 g/mol. The van der Waals surface area contributed by atoms with E-state index < -0.39 is 5.63 Å². The first kappa shape index (κ1) is 21.8. The lowest BCUT2D eigenvalue weighted by atomic mass is 10.1. The lowest BCUT2D eigenvalue weighted by Gasteiger charge is -2.09. The molecule has 0 aliphatic rings. The summed E-state index contributed by atoms with van der Waals surface area (Å²) in [5.41, 5.74) is 0.679. The Morgan fingerprint density at radius 2 is 1.29 bits per heavy atom. The fourth-order valence-corrected chi connectivity index (χ4v) is 2.69. The molecule has 0 N–H and O–H groups in total. The molecule has 1 aromatic heterocycles. The van der Waals surface area contributed by atoms with Crippen LogP contribution in [0.4, 0.5) is 0 Å². The summed E-state index contributed by atoms with van der Waals surface area (Å²) in [4.78, 5) is 11.3. The maximum atomic E-state index is 11.3. The average Bonchev–Trinajstić information content (AvgIpc) is 2.79. The Morgan fingerprint density at radius 1 is 0.710 bits per heavy atom. The largest absolute Gasteiger partial charge is 0.491 e. The zero-order chi connectivity index (χ0) is 21.9. The van der Waals surface area contributed by atoms with Gasteiger partial charge in [-0.05, 0) is 36.4 Å². The Kier molecular flexibility index (Phi) is 8.01. The zero-order valence-electron chi connectivity index (χ0n) is 16.7. The van der Waals surface area contributed by atoms with Gasteiger partial charge in [-0.1, -0.05) is 0 Å². The van der Waals surface area contributed by atoms with Gasteiger partial charge in [0.25, 0.3) is 0 Å². The van der Waals surface area contributed by atoms with Crippen molar-refractivity contribution in [2.75, 3.05) is 39.6 Å². The second kappa shape index (κ2) is 11.4. The van der Waals surface area contributed by atoms with E-state index in [2.05, 4.69) is 0 Å². The minimum atomic E-state index is -0.401. The van der Waals surface area contributed by atoms with Gasteiger partial charge in [-0.25, -0.2) is 4.79 Å². The standard InChI is InChI=1S/C23H20N2O6/c24-15-18-2-5-20(13-19(18)16-25)29-11-9-27-7-8-28-10-12-30-21-4-1-17-3-6-23(26)31-22(17)14-21/h1-6,13-14H,7-12H2. The van der Waals surface area contributed by atoms with Crippen LogP contribution in [0.1, 0.15) is 11.1 Å². The highest BCUT2D eigenvalue weighted by atomic mass is 16.6. The third-order valence-electron chi connectivity index (χ3n) is 4.19. The van der Waals surface area contributed by atoms with E-state index in [0.29, 0.717) is 62.3 Å². The van der Waals surface area contributed by atoms with E-state index in [-0.39, 0.29) is 5.56 Å². The summed E-state index contributed by atoms with van der Waals surface area (Å²) in [6.45, 7) is 2.24. The fraction of sp³-hybridized carbons (Fsp3) is 0.261. The predicted octanol–water partition coefficient (Wildman–Crippen LogP) is 3.03. The van der Waals surface area contributed by atoms with Gasteiger partial charge in [0, 0.05) is 17.5 Å². The molecule has 0 aliphatic heterocycles. The summed E-state index contributed by atoms with van der Waals surface area (Å²) in [6.07, 6.45) is 0. The molecule has 0 atom stereocenters. The molecule has 1 heterocycles. The molecule has 3 aromatic rings. The Balaban J connectivity index is 1.25. The molecule has 0 amide bonds. The van der Waals surface area contributed by atoms with Crippen LogP contribution < -0.4 is 15.1 Å². The second-order valence-electron chi connectivity index (χ2n) is 6.31. The van der Waals surface area contributed by atoms with Crippen LogP contribution in [-0.4, -0.2) is 39.6 Å². The summed E-state index contributed by atoms with van der Waals surface area (Å²) in [5.74, 6) is 1.11. The Labute approximate surface area is 178 Å². The molecule has 0 aliphatic carbocycles. The minimum Gasteiger partial charge on any atom is -0.491 e. The van der Waals surface area contributed by atoms with Gasteiger partial charge in [0.05, 0.1) is 37.6 Å². The van der Waals surface area contributed by atoms with Gasteiger partial charge in [0.1, 0.15) is 42.4 Å². The SMILES string of the molecule is N#Cc1ccc(OCCOCCOCCOc2ccc3ccc(=O)oc3c2)cc1C#N. The highest BCUT2D eigenvalue weighted by Gasteiger charge is 2.04.